The molecule has 1 aliphatic rings. The fourth-order valence-corrected chi connectivity index (χ4v) is 6.67. The molecule has 3 amide bonds. The van der Waals surface area contributed by atoms with Crippen LogP contribution in [0.4, 0.5) is 5.13 Å². The normalized spacial score (nSPS) is 13.5. The summed E-state index contributed by atoms with van der Waals surface area (Å²) in [4.78, 5) is 43.2. The number of thiazole rings is 1. The quantitative estimate of drug-likeness (QED) is 0.337. The number of rotatable bonds is 12. The Bertz CT molecular complexity index is 1390. The first-order valence-corrected chi connectivity index (χ1v) is 14.7. The minimum atomic E-state index is -3.65. The fraction of sp³-hybridized carbons (Fsp3) is 0.385. The number of nitrogens with one attached hydrogen (secondary N) is 1. The number of hydrogen-bond acceptors (Lipinski definition) is 7. The minimum absolute atomic E-state index is 0.0448. The van der Waals surface area contributed by atoms with Gasteiger partial charge in [0.05, 0.1) is 26.2 Å². The van der Waals surface area contributed by atoms with Crippen LogP contribution in [0, 0.1) is 0 Å². The second kappa shape index (κ2) is 11.5. The molecule has 196 valence electrons. The van der Waals surface area contributed by atoms with Crippen molar-refractivity contribution in [2.45, 2.75) is 50.8 Å². The van der Waals surface area contributed by atoms with Gasteiger partial charge in [0.15, 0.2) is 5.13 Å². The largest absolute Gasteiger partial charge is 0.302 e. The summed E-state index contributed by atoms with van der Waals surface area (Å²) in [5.41, 5.74) is 1.26. The predicted molar refractivity (Wildman–Crippen MR) is 143 cm³/mol. The van der Waals surface area contributed by atoms with E-state index in [1.165, 1.54) is 11.3 Å². The third-order valence-electron chi connectivity index (χ3n) is 6.21. The molecule has 1 aliphatic heterocycles. The zero-order valence-electron chi connectivity index (χ0n) is 20.9. The molecule has 0 bridgehead atoms. The number of sulfonamides is 1. The van der Waals surface area contributed by atoms with Crippen LogP contribution in [0.2, 0.25) is 0 Å². The Labute approximate surface area is 220 Å². The van der Waals surface area contributed by atoms with Gasteiger partial charge in [-0.2, -0.15) is 4.31 Å². The number of imide groups is 1. The Hall–Kier alpha value is -3.15. The van der Waals surface area contributed by atoms with Crippen molar-refractivity contribution in [1.82, 2.24) is 14.2 Å². The Morgan fingerprint density at radius 1 is 1.00 bits per heavy atom. The highest BCUT2D eigenvalue weighted by Gasteiger charge is 2.35. The lowest BCUT2D eigenvalue weighted by Crippen LogP contribution is -2.33. The minimum Gasteiger partial charge on any atom is -0.302 e. The van der Waals surface area contributed by atoms with E-state index in [4.69, 9.17) is 0 Å². The number of hydrogen-bond donors (Lipinski definition) is 1. The van der Waals surface area contributed by atoms with Crippen molar-refractivity contribution in [1.29, 1.82) is 0 Å². The molecular formula is C26H30N4O5S2. The lowest BCUT2D eigenvalue weighted by molar-refractivity contribution is -0.116. The SMILES string of the molecule is CCCCN(CCCC)S(=O)(=O)c1ccc2nc(NC(=O)CCN3C(=O)c4ccccc4C3=O)sc2c1. The zero-order valence-corrected chi connectivity index (χ0v) is 22.5. The van der Waals surface area contributed by atoms with Gasteiger partial charge in [-0.3, -0.25) is 19.3 Å². The molecule has 0 atom stereocenters. The van der Waals surface area contributed by atoms with Gasteiger partial charge >= 0.3 is 0 Å². The Morgan fingerprint density at radius 2 is 1.62 bits per heavy atom. The molecular weight excluding hydrogens is 512 g/mol. The maximum atomic E-state index is 13.3. The first-order chi connectivity index (χ1) is 17.8. The molecule has 1 N–H and O–H groups in total. The molecule has 9 nitrogen and oxygen atoms in total. The van der Waals surface area contributed by atoms with Crippen LogP contribution in [0.5, 0.6) is 0 Å². The van der Waals surface area contributed by atoms with Crippen LogP contribution in [0.15, 0.2) is 47.4 Å². The van der Waals surface area contributed by atoms with Crippen molar-refractivity contribution in [3.8, 4) is 0 Å². The third kappa shape index (κ3) is 5.73. The van der Waals surface area contributed by atoms with Crippen LogP contribution in [-0.2, 0) is 14.8 Å². The third-order valence-corrected chi connectivity index (χ3v) is 9.04. The molecule has 0 spiro atoms. The molecule has 2 aromatic carbocycles. The summed E-state index contributed by atoms with van der Waals surface area (Å²) in [6.07, 6.45) is 3.32. The van der Waals surface area contributed by atoms with Crippen molar-refractivity contribution < 1.29 is 22.8 Å². The van der Waals surface area contributed by atoms with Gasteiger partial charge in [0.1, 0.15) is 0 Å². The molecule has 3 aromatic rings. The second-order valence-electron chi connectivity index (χ2n) is 8.87. The molecule has 4 rings (SSSR count). The number of unbranched alkanes of at least 4 members (excludes halogenated alkanes) is 2. The van der Waals surface area contributed by atoms with Crippen LogP contribution in [0.1, 0.15) is 66.7 Å². The van der Waals surface area contributed by atoms with E-state index in [1.807, 2.05) is 13.8 Å². The standard InChI is InChI=1S/C26H30N4O5S2/c1-3-5-14-29(15-6-4-2)37(34,35)18-11-12-21-22(17-18)36-26(27-21)28-23(31)13-16-30-24(32)19-9-7-8-10-20(19)25(30)33/h7-12,17H,3-6,13-16H2,1-2H3,(H,27,28,31). The van der Waals surface area contributed by atoms with Gasteiger partial charge in [-0.15, -0.1) is 0 Å². The first kappa shape index (κ1) is 26.9. The molecule has 1 aromatic heterocycles. The average Bonchev–Trinajstić information content (AvgIpc) is 3.39. The van der Waals surface area contributed by atoms with E-state index in [0.29, 0.717) is 39.6 Å². The van der Waals surface area contributed by atoms with Crippen molar-refractivity contribution in [2.24, 2.45) is 0 Å². The fourth-order valence-electron chi connectivity index (χ4n) is 4.13. The Kier molecular flexibility index (Phi) is 8.35. The lowest BCUT2D eigenvalue weighted by Gasteiger charge is -2.21. The van der Waals surface area contributed by atoms with E-state index < -0.39 is 27.7 Å². The number of carbonyl (C=O) groups is 3. The summed E-state index contributed by atoms with van der Waals surface area (Å²) in [5, 5.41) is 3.03. The summed E-state index contributed by atoms with van der Waals surface area (Å²) in [5.74, 6) is -1.21. The number of fused-ring (bicyclic) bond motifs is 2. The molecule has 2 heterocycles. The number of aromatic nitrogens is 1. The lowest BCUT2D eigenvalue weighted by atomic mass is 10.1. The van der Waals surface area contributed by atoms with E-state index in [2.05, 4.69) is 10.3 Å². The van der Waals surface area contributed by atoms with Crippen molar-refractivity contribution in [3.05, 3.63) is 53.6 Å². The Balaban J connectivity index is 1.43. The van der Waals surface area contributed by atoms with Gasteiger partial charge in [0.25, 0.3) is 11.8 Å². The maximum Gasteiger partial charge on any atom is 0.261 e. The van der Waals surface area contributed by atoms with Gasteiger partial charge in [-0.05, 0) is 43.2 Å². The zero-order chi connectivity index (χ0) is 26.6. The van der Waals surface area contributed by atoms with Gasteiger partial charge in [-0.1, -0.05) is 50.2 Å². The summed E-state index contributed by atoms with van der Waals surface area (Å²) in [6.45, 7) is 4.98. The van der Waals surface area contributed by atoms with E-state index in [-0.39, 0.29) is 17.9 Å². The summed E-state index contributed by atoms with van der Waals surface area (Å²) < 4.78 is 28.8. The molecule has 37 heavy (non-hydrogen) atoms. The van der Waals surface area contributed by atoms with Gasteiger partial charge in [0.2, 0.25) is 15.9 Å². The molecule has 0 saturated carbocycles. The predicted octanol–water partition coefficient (Wildman–Crippen LogP) is 4.51. The topological polar surface area (TPSA) is 117 Å². The van der Waals surface area contributed by atoms with E-state index in [1.54, 1.807) is 46.8 Å². The highest BCUT2D eigenvalue weighted by atomic mass is 32.2. The number of amides is 3. The van der Waals surface area contributed by atoms with Crippen LogP contribution < -0.4 is 5.32 Å². The van der Waals surface area contributed by atoms with E-state index in [0.717, 1.165) is 30.6 Å². The van der Waals surface area contributed by atoms with Crippen LogP contribution in [0.3, 0.4) is 0 Å². The average molecular weight is 543 g/mol. The summed E-state index contributed by atoms with van der Waals surface area (Å²) in [7, 11) is -3.65. The van der Waals surface area contributed by atoms with Gasteiger partial charge in [0, 0.05) is 26.1 Å². The van der Waals surface area contributed by atoms with Crippen molar-refractivity contribution in [2.75, 3.05) is 25.0 Å². The van der Waals surface area contributed by atoms with E-state index in [9.17, 15) is 22.8 Å². The van der Waals surface area contributed by atoms with Crippen molar-refractivity contribution >= 4 is 54.4 Å². The highest BCUT2D eigenvalue weighted by Crippen LogP contribution is 2.30. The maximum absolute atomic E-state index is 13.3. The highest BCUT2D eigenvalue weighted by molar-refractivity contribution is 7.89. The molecule has 0 aliphatic carbocycles. The number of nitrogens with zero attached hydrogens (tertiary/aromatic N) is 3. The van der Waals surface area contributed by atoms with Crippen molar-refractivity contribution in [3.63, 3.8) is 0 Å². The Morgan fingerprint density at radius 3 is 2.22 bits per heavy atom. The van der Waals surface area contributed by atoms with Gasteiger partial charge < -0.3 is 5.32 Å². The number of carbonyl (C=O) groups excluding carboxylic acids is 3. The second-order valence-corrected chi connectivity index (χ2v) is 11.8. The molecule has 0 unspecified atom stereocenters. The smallest absolute Gasteiger partial charge is 0.261 e. The van der Waals surface area contributed by atoms with Crippen LogP contribution >= 0.6 is 11.3 Å². The number of anilines is 1. The number of benzene rings is 2. The molecule has 0 fully saturated rings. The van der Waals surface area contributed by atoms with Crippen LogP contribution in [-0.4, -0.2) is 60.0 Å². The van der Waals surface area contributed by atoms with E-state index >= 15 is 0 Å². The van der Waals surface area contributed by atoms with Crippen LogP contribution in [0.25, 0.3) is 10.2 Å². The molecule has 0 radical (unpaired) electrons. The molecule has 0 saturated heterocycles. The molecule has 11 heteroatoms. The van der Waals surface area contributed by atoms with Gasteiger partial charge in [-0.25, -0.2) is 13.4 Å². The summed E-state index contributed by atoms with van der Waals surface area (Å²) >= 11 is 1.18. The monoisotopic (exact) mass is 542 g/mol. The first-order valence-electron chi connectivity index (χ1n) is 12.4. The summed E-state index contributed by atoms with van der Waals surface area (Å²) in [6, 6.07) is 11.4.